The molecule has 0 aliphatic carbocycles. The third kappa shape index (κ3) is 4.05. The van der Waals surface area contributed by atoms with E-state index >= 15 is 0 Å². The fraction of sp³-hybridized carbons (Fsp3) is 0.391. The van der Waals surface area contributed by atoms with Crippen LogP contribution in [0.2, 0.25) is 0 Å². The summed E-state index contributed by atoms with van der Waals surface area (Å²) in [5, 5.41) is 21.6. The van der Waals surface area contributed by atoms with Crippen molar-refractivity contribution >= 4 is 17.7 Å². The Kier molecular flexibility index (Phi) is 6.48. The lowest BCUT2D eigenvalue weighted by atomic mass is 9.80. The van der Waals surface area contributed by atoms with Gasteiger partial charge in [0.1, 0.15) is 12.0 Å². The number of aldehydes is 1. The Morgan fingerprint density at radius 2 is 2.07 bits per heavy atom. The number of carbonyl (C=O) groups is 1. The van der Waals surface area contributed by atoms with Gasteiger partial charge in [0.05, 0.1) is 22.4 Å². The standard InChI is InChI=1S/C23H26N4O3/c1-23(20(16-24)11-13-26(23)12-6-14-28)19-9-10-21(22(15-19)27(29)30)25(2)17-18-7-4-3-5-8-18/h3-5,7-10,14-15,20H,6,11-13,17H2,1-2H3. The van der Waals surface area contributed by atoms with Crippen LogP contribution in [-0.2, 0) is 16.9 Å². The van der Waals surface area contributed by atoms with E-state index in [0.29, 0.717) is 38.2 Å². The number of rotatable bonds is 8. The molecule has 0 aromatic heterocycles. The van der Waals surface area contributed by atoms with Crippen LogP contribution < -0.4 is 4.90 Å². The van der Waals surface area contributed by atoms with Crippen molar-refractivity contribution < 1.29 is 9.72 Å². The molecule has 30 heavy (non-hydrogen) atoms. The highest BCUT2D eigenvalue weighted by molar-refractivity contribution is 5.65. The molecule has 7 nitrogen and oxygen atoms in total. The Morgan fingerprint density at radius 3 is 2.70 bits per heavy atom. The smallest absolute Gasteiger partial charge is 0.292 e. The molecule has 2 aromatic rings. The Hall–Kier alpha value is -3.24. The Labute approximate surface area is 176 Å². The average Bonchev–Trinajstić information content (AvgIpc) is 3.08. The zero-order valence-corrected chi connectivity index (χ0v) is 17.3. The lowest BCUT2D eigenvalue weighted by Crippen LogP contribution is -2.43. The van der Waals surface area contributed by atoms with Gasteiger partial charge in [0.2, 0.25) is 0 Å². The lowest BCUT2D eigenvalue weighted by molar-refractivity contribution is -0.384. The van der Waals surface area contributed by atoms with E-state index in [1.807, 2.05) is 55.3 Å². The van der Waals surface area contributed by atoms with E-state index in [1.54, 1.807) is 12.1 Å². The van der Waals surface area contributed by atoms with Crippen molar-refractivity contribution in [1.29, 1.82) is 5.26 Å². The molecule has 2 aromatic carbocycles. The van der Waals surface area contributed by atoms with E-state index in [9.17, 15) is 20.2 Å². The largest absolute Gasteiger partial charge is 0.365 e. The molecule has 1 fully saturated rings. The molecule has 7 heteroatoms. The van der Waals surface area contributed by atoms with Gasteiger partial charge in [-0.1, -0.05) is 36.4 Å². The van der Waals surface area contributed by atoms with Crippen LogP contribution >= 0.6 is 0 Å². The van der Waals surface area contributed by atoms with E-state index in [4.69, 9.17) is 0 Å². The molecule has 1 aliphatic heterocycles. The summed E-state index contributed by atoms with van der Waals surface area (Å²) in [5.74, 6) is -0.295. The summed E-state index contributed by atoms with van der Waals surface area (Å²) < 4.78 is 0. The number of hydrogen-bond donors (Lipinski definition) is 0. The van der Waals surface area contributed by atoms with Crippen molar-refractivity contribution in [1.82, 2.24) is 4.90 Å². The number of carbonyl (C=O) groups excluding carboxylic acids is 1. The van der Waals surface area contributed by atoms with Crippen molar-refractivity contribution in [2.45, 2.75) is 31.8 Å². The summed E-state index contributed by atoms with van der Waals surface area (Å²) in [6.45, 7) is 3.71. The van der Waals surface area contributed by atoms with E-state index < -0.39 is 5.54 Å². The van der Waals surface area contributed by atoms with Crippen molar-refractivity contribution in [2.24, 2.45) is 5.92 Å². The van der Waals surface area contributed by atoms with Crippen LogP contribution in [-0.4, -0.2) is 36.2 Å². The molecule has 0 spiro atoms. The van der Waals surface area contributed by atoms with Gasteiger partial charge in [0.25, 0.3) is 5.69 Å². The highest BCUT2D eigenvalue weighted by Gasteiger charge is 2.47. The summed E-state index contributed by atoms with van der Waals surface area (Å²) >= 11 is 0. The maximum atomic E-state index is 11.9. The summed E-state index contributed by atoms with van der Waals surface area (Å²) in [5.41, 5.74) is 1.68. The first kappa shape index (κ1) is 21.5. The van der Waals surface area contributed by atoms with Crippen molar-refractivity contribution in [3.05, 3.63) is 69.8 Å². The second kappa shape index (κ2) is 9.06. The molecule has 2 unspecified atom stereocenters. The second-order valence-corrected chi connectivity index (χ2v) is 7.86. The molecule has 1 heterocycles. The number of nitro groups is 1. The van der Waals surface area contributed by atoms with Gasteiger partial charge in [-0.25, -0.2) is 0 Å². The minimum atomic E-state index is -0.668. The van der Waals surface area contributed by atoms with Crippen LogP contribution in [0.25, 0.3) is 0 Å². The molecule has 2 atom stereocenters. The molecule has 0 amide bonds. The molecule has 0 bridgehead atoms. The fourth-order valence-electron chi connectivity index (χ4n) is 4.39. The molecule has 0 saturated carbocycles. The Morgan fingerprint density at radius 1 is 1.33 bits per heavy atom. The summed E-state index contributed by atoms with van der Waals surface area (Å²) in [6, 6.07) is 17.4. The van der Waals surface area contributed by atoms with E-state index in [0.717, 1.165) is 17.4 Å². The average molecular weight is 406 g/mol. The number of nitrogens with zero attached hydrogens (tertiary/aromatic N) is 4. The Balaban J connectivity index is 1.98. The van der Waals surface area contributed by atoms with Gasteiger partial charge in [-0.2, -0.15) is 5.26 Å². The fourth-order valence-corrected chi connectivity index (χ4v) is 4.39. The summed E-state index contributed by atoms with van der Waals surface area (Å²) in [6.07, 6.45) is 1.91. The zero-order chi connectivity index (χ0) is 21.7. The number of likely N-dealkylation sites (tertiary alicyclic amines) is 1. The molecular weight excluding hydrogens is 380 g/mol. The SMILES string of the molecule is CN(Cc1ccccc1)c1ccc(C2(C)C(C#N)CCN2CCC=O)cc1[N+](=O)[O-]. The predicted octanol–water partition coefficient (Wildman–Crippen LogP) is 3.88. The molecule has 1 aliphatic rings. The first-order valence-corrected chi connectivity index (χ1v) is 10.0. The first-order chi connectivity index (χ1) is 14.4. The predicted molar refractivity (Wildman–Crippen MR) is 115 cm³/mol. The topological polar surface area (TPSA) is 90.5 Å². The van der Waals surface area contributed by atoms with Gasteiger partial charge in [0, 0.05) is 39.2 Å². The minimum Gasteiger partial charge on any atom is -0.365 e. The van der Waals surface area contributed by atoms with E-state index in [2.05, 4.69) is 11.0 Å². The normalized spacial score (nSPS) is 21.2. The highest BCUT2D eigenvalue weighted by atomic mass is 16.6. The number of hydrogen-bond acceptors (Lipinski definition) is 6. The zero-order valence-electron chi connectivity index (χ0n) is 17.3. The van der Waals surface area contributed by atoms with E-state index in [-0.39, 0.29) is 16.5 Å². The van der Waals surface area contributed by atoms with Gasteiger partial charge in [-0.05, 0) is 30.5 Å². The van der Waals surface area contributed by atoms with Crippen LogP contribution in [0.5, 0.6) is 0 Å². The molecule has 156 valence electrons. The first-order valence-electron chi connectivity index (χ1n) is 10.0. The Bertz CT molecular complexity index is 957. The van der Waals surface area contributed by atoms with Gasteiger partial charge in [-0.3, -0.25) is 15.0 Å². The van der Waals surface area contributed by atoms with E-state index in [1.165, 1.54) is 0 Å². The van der Waals surface area contributed by atoms with Gasteiger partial charge >= 0.3 is 0 Å². The number of anilines is 1. The monoisotopic (exact) mass is 406 g/mol. The molecule has 1 saturated heterocycles. The minimum absolute atomic E-state index is 0.0195. The van der Waals surface area contributed by atoms with Crippen LogP contribution in [0.15, 0.2) is 48.5 Å². The third-order valence-corrected chi connectivity index (χ3v) is 6.13. The third-order valence-electron chi connectivity index (χ3n) is 6.13. The lowest BCUT2D eigenvalue weighted by Gasteiger charge is -2.37. The molecule has 3 rings (SSSR count). The summed E-state index contributed by atoms with van der Waals surface area (Å²) in [7, 11) is 1.83. The van der Waals surface area contributed by atoms with Gasteiger partial charge < -0.3 is 9.69 Å². The van der Waals surface area contributed by atoms with Crippen molar-refractivity contribution in [3.8, 4) is 6.07 Å². The van der Waals surface area contributed by atoms with Crippen LogP contribution in [0, 0.1) is 27.4 Å². The quantitative estimate of drug-likeness (QED) is 0.375. The molecule has 0 radical (unpaired) electrons. The van der Waals surface area contributed by atoms with Gasteiger partial charge in [-0.15, -0.1) is 0 Å². The van der Waals surface area contributed by atoms with Crippen LogP contribution in [0.4, 0.5) is 11.4 Å². The maximum absolute atomic E-state index is 11.9. The molecule has 0 N–H and O–H groups in total. The van der Waals surface area contributed by atoms with Crippen molar-refractivity contribution in [3.63, 3.8) is 0 Å². The summed E-state index contributed by atoms with van der Waals surface area (Å²) in [4.78, 5) is 26.4. The van der Waals surface area contributed by atoms with Crippen LogP contribution in [0.1, 0.15) is 30.9 Å². The molecular formula is C23H26N4O3. The second-order valence-electron chi connectivity index (χ2n) is 7.86. The highest BCUT2D eigenvalue weighted by Crippen LogP contribution is 2.45. The number of nitriles is 1. The van der Waals surface area contributed by atoms with Crippen molar-refractivity contribution in [2.75, 3.05) is 25.0 Å². The number of benzene rings is 2. The maximum Gasteiger partial charge on any atom is 0.292 e. The van der Waals surface area contributed by atoms with Gasteiger partial charge in [0.15, 0.2) is 0 Å². The number of nitro benzene ring substituents is 1. The van der Waals surface area contributed by atoms with Crippen LogP contribution in [0.3, 0.4) is 0 Å².